The predicted molar refractivity (Wildman–Crippen MR) is 46.8 cm³/mol. The van der Waals surface area contributed by atoms with Gasteiger partial charge in [0, 0.05) is 11.5 Å². The Hall–Kier alpha value is -1.28. The fraction of sp³-hybridized carbons (Fsp3) is 0. The summed E-state index contributed by atoms with van der Waals surface area (Å²) in [7, 11) is 0. The van der Waals surface area contributed by atoms with E-state index >= 15 is 0 Å². The molecular weight excluding hydrogens is 174 g/mol. The third-order valence-electron chi connectivity index (χ3n) is 1.65. The highest BCUT2D eigenvalue weighted by Crippen LogP contribution is 2.13. The molecule has 1 radical (unpaired) electrons. The summed E-state index contributed by atoms with van der Waals surface area (Å²) in [6.45, 7) is 0. The number of hydrogen-bond donors (Lipinski definition) is 0. The maximum absolute atomic E-state index is 11.2. The van der Waals surface area contributed by atoms with Crippen LogP contribution in [0.1, 0.15) is 0 Å². The van der Waals surface area contributed by atoms with Crippen molar-refractivity contribution >= 4 is 22.5 Å². The number of halogens is 1. The van der Waals surface area contributed by atoms with E-state index in [1.807, 2.05) is 12.1 Å². The molecule has 0 aliphatic rings. The molecule has 2 aromatic rings. The SMILES string of the molecule is [O-][n+]1[c]c(Cl)cc2ccccc21. The van der Waals surface area contributed by atoms with Gasteiger partial charge in [-0.05, 0) is 12.1 Å². The van der Waals surface area contributed by atoms with Gasteiger partial charge in [0.05, 0.1) is 0 Å². The van der Waals surface area contributed by atoms with Crippen LogP contribution in [-0.4, -0.2) is 0 Å². The monoisotopic (exact) mass is 178 g/mol. The van der Waals surface area contributed by atoms with Crippen LogP contribution in [0.25, 0.3) is 10.9 Å². The zero-order valence-corrected chi connectivity index (χ0v) is 6.88. The number of nitrogens with zero attached hydrogens (tertiary/aromatic N) is 1. The quantitative estimate of drug-likeness (QED) is 0.447. The summed E-state index contributed by atoms with van der Waals surface area (Å²) in [6, 6.07) is 8.95. The molecule has 0 N–H and O–H groups in total. The molecule has 0 aliphatic heterocycles. The zero-order valence-electron chi connectivity index (χ0n) is 6.12. The molecule has 2 rings (SSSR count). The Morgan fingerprint density at radius 3 is 2.92 bits per heavy atom. The van der Waals surface area contributed by atoms with Gasteiger partial charge in [0.15, 0.2) is 0 Å². The number of fused-ring (bicyclic) bond motifs is 1. The van der Waals surface area contributed by atoms with Crippen molar-refractivity contribution in [3.8, 4) is 0 Å². The molecule has 0 amide bonds. The molecule has 0 spiro atoms. The van der Waals surface area contributed by atoms with E-state index in [1.165, 1.54) is 0 Å². The molecule has 59 valence electrons. The van der Waals surface area contributed by atoms with Crippen molar-refractivity contribution in [1.29, 1.82) is 0 Å². The van der Waals surface area contributed by atoms with Crippen LogP contribution in [0.5, 0.6) is 0 Å². The minimum absolute atomic E-state index is 0.337. The van der Waals surface area contributed by atoms with Gasteiger partial charge in [0.25, 0.3) is 0 Å². The van der Waals surface area contributed by atoms with E-state index in [0.29, 0.717) is 15.3 Å². The van der Waals surface area contributed by atoms with Crippen LogP contribution in [0.3, 0.4) is 0 Å². The van der Waals surface area contributed by atoms with Gasteiger partial charge < -0.3 is 5.21 Å². The van der Waals surface area contributed by atoms with Crippen molar-refractivity contribution in [2.24, 2.45) is 0 Å². The highest BCUT2D eigenvalue weighted by Gasteiger charge is 2.04. The van der Waals surface area contributed by atoms with Crippen molar-refractivity contribution < 1.29 is 4.73 Å². The lowest BCUT2D eigenvalue weighted by atomic mass is 10.2. The second kappa shape index (κ2) is 2.64. The topological polar surface area (TPSA) is 26.9 Å². The molecule has 1 aromatic carbocycles. The molecule has 1 heterocycles. The maximum atomic E-state index is 11.2. The van der Waals surface area contributed by atoms with Gasteiger partial charge in [-0.25, -0.2) is 0 Å². The third-order valence-corrected chi connectivity index (χ3v) is 1.84. The number of hydrogen-bond acceptors (Lipinski definition) is 1. The van der Waals surface area contributed by atoms with Crippen molar-refractivity contribution in [2.45, 2.75) is 0 Å². The smallest absolute Gasteiger partial charge is 0.310 e. The molecule has 0 bridgehead atoms. The molecule has 2 nitrogen and oxygen atoms in total. The first-order chi connectivity index (χ1) is 5.77. The van der Waals surface area contributed by atoms with Gasteiger partial charge in [-0.15, -0.1) is 0 Å². The Balaban J connectivity index is 2.89. The molecule has 0 saturated carbocycles. The summed E-state index contributed by atoms with van der Waals surface area (Å²) < 4.78 is 0.650. The molecular formula is C9H5ClNO. The number of pyridine rings is 1. The molecule has 1 aromatic heterocycles. The van der Waals surface area contributed by atoms with E-state index in [2.05, 4.69) is 6.20 Å². The van der Waals surface area contributed by atoms with Gasteiger partial charge in [-0.3, -0.25) is 0 Å². The number of para-hydroxylation sites is 1. The Bertz CT molecular complexity index is 428. The predicted octanol–water partition coefficient (Wildman–Crippen LogP) is 1.93. The minimum atomic E-state index is 0.337. The highest BCUT2D eigenvalue weighted by atomic mass is 35.5. The lowest BCUT2D eigenvalue weighted by Gasteiger charge is -1.99. The van der Waals surface area contributed by atoms with Gasteiger partial charge in [0.2, 0.25) is 5.52 Å². The molecule has 0 aliphatic carbocycles. The maximum Gasteiger partial charge on any atom is 0.310 e. The van der Waals surface area contributed by atoms with Crippen LogP contribution in [0.4, 0.5) is 0 Å². The van der Waals surface area contributed by atoms with Crippen molar-refractivity contribution in [1.82, 2.24) is 0 Å². The Labute approximate surface area is 74.6 Å². The highest BCUT2D eigenvalue weighted by molar-refractivity contribution is 6.30. The van der Waals surface area contributed by atoms with E-state index in [1.54, 1.807) is 18.2 Å². The minimum Gasteiger partial charge on any atom is -0.618 e. The van der Waals surface area contributed by atoms with Crippen LogP contribution in [0, 0.1) is 11.4 Å². The summed E-state index contributed by atoms with van der Waals surface area (Å²) in [5, 5.41) is 12.3. The van der Waals surface area contributed by atoms with E-state index < -0.39 is 0 Å². The summed E-state index contributed by atoms with van der Waals surface area (Å²) in [5.74, 6) is 0. The van der Waals surface area contributed by atoms with Crippen molar-refractivity contribution in [3.05, 3.63) is 46.8 Å². The second-order valence-electron chi connectivity index (χ2n) is 2.46. The molecule has 0 saturated heterocycles. The zero-order chi connectivity index (χ0) is 8.55. The summed E-state index contributed by atoms with van der Waals surface area (Å²) in [4.78, 5) is 0. The van der Waals surface area contributed by atoms with E-state index in [-0.39, 0.29) is 0 Å². The fourth-order valence-corrected chi connectivity index (χ4v) is 1.31. The lowest BCUT2D eigenvalue weighted by Crippen LogP contribution is -2.26. The normalized spacial score (nSPS) is 10.4. The van der Waals surface area contributed by atoms with E-state index in [4.69, 9.17) is 11.6 Å². The van der Waals surface area contributed by atoms with Crippen LogP contribution in [-0.2, 0) is 0 Å². The third kappa shape index (κ3) is 1.10. The summed E-state index contributed by atoms with van der Waals surface area (Å²) in [6.07, 6.45) is 2.44. The van der Waals surface area contributed by atoms with Crippen molar-refractivity contribution in [2.75, 3.05) is 0 Å². The molecule has 0 atom stereocenters. The van der Waals surface area contributed by atoms with E-state index in [0.717, 1.165) is 5.39 Å². The number of aromatic nitrogens is 1. The average molecular weight is 179 g/mol. The van der Waals surface area contributed by atoms with Crippen molar-refractivity contribution in [3.63, 3.8) is 0 Å². The number of rotatable bonds is 0. The summed E-state index contributed by atoms with van der Waals surface area (Å²) >= 11 is 5.65. The fourth-order valence-electron chi connectivity index (χ4n) is 1.12. The first-order valence-electron chi connectivity index (χ1n) is 3.47. The summed E-state index contributed by atoms with van der Waals surface area (Å²) in [5.41, 5.74) is 0.585. The van der Waals surface area contributed by atoms with Gasteiger partial charge >= 0.3 is 6.20 Å². The largest absolute Gasteiger partial charge is 0.618 e. The molecule has 3 heteroatoms. The number of benzene rings is 1. The van der Waals surface area contributed by atoms with Gasteiger partial charge in [0.1, 0.15) is 5.02 Å². The average Bonchev–Trinajstić information content (AvgIpc) is 2.04. The molecule has 0 fully saturated rings. The molecule has 0 unspecified atom stereocenters. The first kappa shape index (κ1) is 7.37. The van der Waals surface area contributed by atoms with Crippen LogP contribution in [0.15, 0.2) is 30.3 Å². The van der Waals surface area contributed by atoms with E-state index in [9.17, 15) is 5.21 Å². The van der Waals surface area contributed by atoms with Crippen LogP contribution in [0.2, 0.25) is 5.02 Å². The first-order valence-corrected chi connectivity index (χ1v) is 3.85. The van der Waals surface area contributed by atoms with Crippen LogP contribution >= 0.6 is 11.6 Å². The Morgan fingerprint density at radius 1 is 1.33 bits per heavy atom. The van der Waals surface area contributed by atoms with Crippen LogP contribution < -0.4 is 4.73 Å². The molecule has 12 heavy (non-hydrogen) atoms. The standard InChI is InChI=1S/C9H5ClNO/c10-8-5-7-3-1-2-4-9(7)11(12)6-8/h1-5H. The van der Waals surface area contributed by atoms with Gasteiger partial charge in [-0.1, -0.05) is 23.7 Å². The lowest BCUT2D eigenvalue weighted by molar-refractivity contribution is -0.581. The Morgan fingerprint density at radius 2 is 2.08 bits per heavy atom. The van der Waals surface area contributed by atoms with Gasteiger partial charge in [-0.2, -0.15) is 4.73 Å². The Kier molecular flexibility index (Phi) is 1.62. The second-order valence-corrected chi connectivity index (χ2v) is 2.86.